The second kappa shape index (κ2) is 6.60. The lowest BCUT2D eigenvalue weighted by atomic mass is 10.1. The van der Waals surface area contributed by atoms with Gasteiger partial charge in [0.2, 0.25) is 5.91 Å². The maximum Gasteiger partial charge on any atom is 0.246 e. The van der Waals surface area contributed by atoms with Crippen LogP contribution in [0.1, 0.15) is 26.7 Å². The van der Waals surface area contributed by atoms with E-state index in [1.165, 1.54) is 12.1 Å². The Morgan fingerprint density at radius 2 is 1.73 bits per heavy atom. The van der Waals surface area contributed by atoms with Gasteiger partial charge < -0.3 is 4.90 Å². The van der Waals surface area contributed by atoms with Gasteiger partial charge in [0.05, 0.1) is 10.1 Å². The van der Waals surface area contributed by atoms with Crippen molar-refractivity contribution in [3.63, 3.8) is 0 Å². The molecule has 0 saturated carbocycles. The number of amides is 1. The number of hydrogen-bond donors (Lipinski definition) is 0. The molecule has 0 N–H and O–H groups in total. The molecule has 0 bridgehead atoms. The lowest BCUT2D eigenvalue weighted by Crippen LogP contribution is -2.41. The predicted molar refractivity (Wildman–Crippen MR) is 82.6 cm³/mol. The minimum Gasteiger partial charge on any atom is -0.339 e. The van der Waals surface area contributed by atoms with E-state index in [0.29, 0.717) is 25.9 Å². The van der Waals surface area contributed by atoms with Crippen LogP contribution < -0.4 is 0 Å². The first-order valence-corrected chi connectivity index (χ1v) is 8.78. The lowest BCUT2D eigenvalue weighted by molar-refractivity contribution is -0.126. The van der Waals surface area contributed by atoms with Crippen molar-refractivity contribution in [1.82, 2.24) is 4.90 Å². The molecule has 0 unspecified atom stereocenters. The number of nitrogens with zero attached hydrogens (tertiary/aromatic N) is 1. The van der Waals surface area contributed by atoms with E-state index in [4.69, 9.17) is 0 Å². The van der Waals surface area contributed by atoms with Gasteiger partial charge in [0.15, 0.2) is 9.84 Å². The van der Waals surface area contributed by atoms with Gasteiger partial charge in [-0.3, -0.25) is 4.79 Å². The molecule has 4 nitrogen and oxygen atoms in total. The first-order chi connectivity index (χ1) is 10.3. The third-order valence-electron chi connectivity index (χ3n) is 3.75. The third kappa shape index (κ3) is 3.74. The molecule has 1 amide bonds. The molecule has 0 radical (unpaired) electrons. The Labute approximate surface area is 130 Å². The van der Waals surface area contributed by atoms with Crippen LogP contribution >= 0.6 is 0 Å². The van der Waals surface area contributed by atoms with E-state index in [0.717, 1.165) is 17.7 Å². The van der Waals surface area contributed by atoms with Crippen LogP contribution in [0.25, 0.3) is 0 Å². The zero-order chi connectivity index (χ0) is 16.3. The molecule has 6 heteroatoms. The summed E-state index contributed by atoms with van der Waals surface area (Å²) in [5, 5.41) is -0.520. The molecule has 1 aromatic rings. The zero-order valence-corrected chi connectivity index (χ0v) is 13.6. The molecule has 0 atom stereocenters. The highest BCUT2D eigenvalue weighted by molar-refractivity contribution is 7.92. The normalized spacial score (nSPS) is 16.4. The molecule has 1 fully saturated rings. The Morgan fingerprint density at radius 1 is 1.18 bits per heavy atom. The number of carbonyl (C=O) groups excluding carboxylic acids is 1. The molecule has 1 heterocycles. The number of piperidine rings is 1. The topological polar surface area (TPSA) is 54.5 Å². The largest absolute Gasteiger partial charge is 0.339 e. The summed E-state index contributed by atoms with van der Waals surface area (Å²) >= 11 is 0. The van der Waals surface area contributed by atoms with Crippen LogP contribution in [0.2, 0.25) is 0 Å². The fraction of sp³-hybridized carbons (Fsp3) is 0.438. The number of hydrogen-bond acceptors (Lipinski definition) is 3. The second-order valence-corrected chi connectivity index (χ2v) is 7.97. The number of sulfone groups is 1. The van der Waals surface area contributed by atoms with Gasteiger partial charge >= 0.3 is 0 Å². The maximum absolute atomic E-state index is 12.9. The van der Waals surface area contributed by atoms with Gasteiger partial charge in [0, 0.05) is 19.2 Å². The Balaban J connectivity index is 2.06. The highest BCUT2D eigenvalue weighted by Crippen LogP contribution is 2.25. The molecule has 1 saturated heterocycles. The molecular weight excluding hydrogens is 305 g/mol. The molecule has 1 aromatic carbocycles. The summed E-state index contributed by atoms with van der Waals surface area (Å²) < 4.78 is 37.9. The van der Waals surface area contributed by atoms with Crippen molar-refractivity contribution in [3.8, 4) is 0 Å². The molecular formula is C16H20FNO3S. The number of benzene rings is 1. The van der Waals surface area contributed by atoms with E-state index >= 15 is 0 Å². The van der Waals surface area contributed by atoms with Crippen LogP contribution in [-0.2, 0) is 14.6 Å². The number of allylic oxidation sites excluding steroid dienone is 1. The van der Waals surface area contributed by atoms with Gasteiger partial charge in [0.25, 0.3) is 0 Å². The van der Waals surface area contributed by atoms with Gasteiger partial charge in [-0.05, 0) is 51.0 Å². The van der Waals surface area contributed by atoms with E-state index in [1.54, 1.807) is 11.0 Å². The predicted octanol–water partition coefficient (Wildman–Crippen LogP) is 2.56. The van der Waals surface area contributed by atoms with Gasteiger partial charge in [-0.1, -0.05) is 5.57 Å². The Hall–Kier alpha value is -1.69. The van der Waals surface area contributed by atoms with Crippen molar-refractivity contribution in [2.75, 3.05) is 13.1 Å². The number of halogens is 1. The first kappa shape index (κ1) is 16.7. The summed E-state index contributed by atoms with van der Waals surface area (Å²) in [6.07, 6.45) is 2.37. The van der Waals surface area contributed by atoms with Crippen molar-refractivity contribution in [1.29, 1.82) is 0 Å². The average molecular weight is 325 g/mol. The number of likely N-dealkylation sites (tertiary alicyclic amines) is 1. The van der Waals surface area contributed by atoms with Crippen LogP contribution in [0.15, 0.2) is 40.8 Å². The SMILES string of the molecule is CC(C)=CC(=O)N1CCC(S(=O)(=O)c2ccc(F)cc2)CC1. The van der Waals surface area contributed by atoms with E-state index in [2.05, 4.69) is 0 Å². The molecule has 1 aliphatic heterocycles. The van der Waals surface area contributed by atoms with Gasteiger partial charge in [-0.2, -0.15) is 0 Å². The summed E-state index contributed by atoms with van der Waals surface area (Å²) in [6.45, 7) is 4.55. The minimum atomic E-state index is -3.47. The van der Waals surface area contributed by atoms with E-state index in [1.807, 2.05) is 13.8 Å². The molecule has 1 aliphatic rings. The molecule has 0 aromatic heterocycles. The van der Waals surface area contributed by atoms with Crippen LogP contribution in [0.3, 0.4) is 0 Å². The number of carbonyl (C=O) groups is 1. The number of rotatable bonds is 3. The van der Waals surface area contributed by atoms with E-state index < -0.39 is 20.9 Å². The summed E-state index contributed by atoms with van der Waals surface area (Å²) in [5.41, 5.74) is 0.922. The molecule has 2 rings (SSSR count). The van der Waals surface area contributed by atoms with Crippen molar-refractivity contribution in [3.05, 3.63) is 41.7 Å². The maximum atomic E-state index is 12.9. The van der Waals surface area contributed by atoms with Crippen LogP contribution in [0.4, 0.5) is 4.39 Å². The van der Waals surface area contributed by atoms with Crippen molar-refractivity contribution >= 4 is 15.7 Å². The summed E-state index contributed by atoms with van der Waals surface area (Å²) in [7, 11) is -3.47. The molecule has 0 aliphatic carbocycles. The summed E-state index contributed by atoms with van der Waals surface area (Å²) in [6, 6.07) is 4.90. The average Bonchev–Trinajstić information content (AvgIpc) is 2.47. The summed E-state index contributed by atoms with van der Waals surface area (Å²) in [4.78, 5) is 13.7. The summed E-state index contributed by atoms with van der Waals surface area (Å²) in [5.74, 6) is -0.529. The van der Waals surface area contributed by atoms with Crippen molar-refractivity contribution in [2.24, 2.45) is 0 Å². The minimum absolute atomic E-state index is 0.0716. The van der Waals surface area contributed by atoms with Crippen molar-refractivity contribution < 1.29 is 17.6 Å². The molecule has 120 valence electrons. The monoisotopic (exact) mass is 325 g/mol. The standard InChI is InChI=1S/C16H20FNO3S/c1-12(2)11-16(19)18-9-7-15(8-10-18)22(20,21)14-5-3-13(17)4-6-14/h3-6,11,15H,7-10H2,1-2H3. The fourth-order valence-electron chi connectivity index (χ4n) is 2.54. The second-order valence-electron chi connectivity index (χ2n) is 5.75. The van der Waals surface area contributed by atoms with Gasteiger partial charge in [0.1, 0.15) is 5.82 Å². The highest BCUT2D eigenvalue weighted by Gasteiger charge is 2.32. The molecule has 22 heavy (non-hydrogen) atoms. The lowest BCUT2D eigenvalue weighted by Gasteiger charge is -2.31. The van der Waals surface area contributed by atoms with Crippen LogP contribution in [0.5, 0.6) is 0 Å². The zero-order valence-electron chi connectivity index (χ0n) is 12.8. The Morgan fingerprint density at radius 3 is 2.23 bits per heavy atom. The van der Waals surface area contributed by atoms with E-state index in [-0.39, 0.29) is 10.8 Å². The Bertz CT molecular complexity index is 668. The molecule has 0 spiro atoms. The Kier molecular flexibility index (Phi) is 5.01. The van der Waals surface area contributed by atoms with Gasteiger partial charge in [-0.25, -0.2) is 12.8 Å². The van der Waals surface area contributed by atoms with E-state index in [9.17, 15) is 17.6 Å². The van der Waals surface area contributed by atoms with Crippen LogP contribution in [-0.4, -0.2) is 37.6 Å². The third-order valence-corrected chi connectivity index (χ3v) is 6.03. The first-order valence-electron chi connectivity index (χ1n) is 7.24. The van der Waals surface area contributed by atoms with Gasteiger partial charge in [-0.15, -0.1) is 0 Å². The van der Waals surface area contributed by atoms with Crippen LogP contribution in [0, 0.1) is 5.82 Å². The van der Waals surface area contributed by atoms with Crippen molar-refractivity contribution in [2.45, 2.75) is 36.8 Å². The smallest absolute Gasteiger partial charge is 0.246 e. The quantitative estimate of drug-likeness (QED) is 0.634. The fourth-order valence-corrected chi connectivity index (χ4v) is 4.27. The highest BCUT2D eigenvalue weighted by atomic mass is 32.2.